The van der Waals surface area contributed by atoms with Gasteiger partial charge in [-0.2, -0.15) is 0 Å². The van der Waals surface area contributed by atoms with E-state index in [4.69, 9.17) is 4.74 Å². The molecule has 1 heterocycles. The number of nitrogens with zero attached hydrogens (tertiary/aromatic N) is 1. The van der Waals surface area contributed by atoms with Gasteiger partial charge in [0.25, 0.3) is 0 Å². The normalized spacial score (nSPS) is 19.2. The maximum Gasteiger partial charge on any atom is 0.0579 e. The Balaban J connectivity index is 1.88. The molecule has 1 atom stereocenters. The van der Waals surface area contributed by atoms with Crippen LogP contribution in [0.25, 0.3) is 0 Å². The van der Waals surface area contributed by atoms with Crippen molar-refractivity contribution in [3.63, 3.8) is 0 Å². The summed E-state index contributed by atoms with van der Waals surface area (Å²) in [7, 11) is 2.13. The molecule has 1 aromatic carbocycles. The van der Waals surface area contributed by atoms with Crippen LogP contribution in [0.3, 0.4) is 0 Å². The van der Waals surface area contributed by atoms with E-state index >= 15 is 0 Å². The molecule has 1 aliphatic rings. The standard InChI is InChI=1S/C16H25NO2/c1-13-4-6-15(7-5-13)8-14(2)17(3)9-16(10-18)11-19-12-16/h4-7,14,18H,8-12H2,1-3H3. The van der Waals surface area contributed by atoms with E-state index in [1.807, 2.05) is 0 Å². The highest BCUT2D eigenvalue weighted by Crippen LogP contribution is 2.28. The number of hydrogen-bond donors (Lipinski definition) is 1. The first-order valence-corrected chi connectivity index (χ1v) is 6.99. The van der Waals surface area contributed by atoms with Crippen LogP contribution in [0, 0.1) is 12.3 Å². The van der Waals surface area contributed by atoms with E-state index in [0.29, 0.717) is 19.3 Å². The van der Waals surface area contributed by atoms with Crippen molar-refractivity contribution in [3.8, 4) is 0 Å². The lowest BCUT2D eigenvalue weighted by Crippen LogP contribution is -2.54. The van der Waals surface area contributed by atoms with Crippen molar-refractivity contribution in [2.45, 2.75) is 26.3 Å². The van der Waals surface area contributed by atoms with Crippen molar-refractivity contribution in [2.75, 3.05) is 33.4 Å². The molecular weight excluding hydrogens is 238 g/mol. The molecule has 0 amide bonds. The Morgan fingerprint density at radius 2 is 1.95 bits per heavy atom. The molecule has 1 saturated heterocycles. The predicted octanol–water partition coefficient (Wildman–Crippen LogP) is 1.87. The molecule has 0 bridgehead atoms. The van der Waals surface area contributed by atoms with Crippen LogP contribution in [0.5, 0.6) is 0 Å². The minimum Gasteiger partial charge on any atom is -0.396 e. The fraction of sp³-hybridized carbons (Fsp3) is 0.625. The van der Waals surface area contributed by atoms with Crippen molar-refractivity contribution >= 4 is 0 Å². The Morgan fingerprint density at radius 3 is 2.42 bits per heavy atom. The Labute approximate surface area is 116 Å². The quantitative estimate of drug-likeness (QED) is 0.850. The van der Waals surface area contributed by atoms with E-state index in [0.717, 1.165) is 13.0 Å². The highest BCUT2D eigenvalue weighted by atomic mass is 16.5. The predicted molar refractivity (Wildman–Crippen MR) is 77.3 cm³/mol. The van der Waals surface area contributed by atoms with Gasteiger partial charge in [-0.15, -0.1) is 0 Å². The largest absolute Gasteiger partial charge is 0.396 e. The second-order valence-corrected chi connectivity index (χ2v) is 6.10. The molecule has 2 rings (SSSR count). The van der Waals surface area contributed by atoms with Crippen LogP contribution in [0.2, 0.25) is 0 Å². The van der Waals surface area contributed by atoms with E-state index in [-0.39, 0.29) is 12.0 Å². The summed E-state index contributed by atoms with van der Waals surface area (Å²) in [5.74, 6) is 0. The second-order valence-electron chi connectivity index (χ2n) is 6.10. The number of rotatable bonds is 6. The first-order valence-electron chi connectivity index (χ1n) is 6.99. The lowest BCUT2D eigenvalue weighted by atomic mass is 9.86. The summed E-state index contributed by atoms with van der Waals surface area (Å²) in [5, 5.41) is 9.48. The van der Waals surface area contributed by atoms with Gasteiger partial charge in [0.15, 0.2) is 0 Å². The first kappa shape index (κ1) is 14.5. The molecule has 1 aliphatic heterocycles. The Hall–Kier alpha value is -0.900. The van der Waals surface area contributed by atoms with Crippen molar-refractivity contribution in [3.05, 3.63) is 35.4 Å². The van der Waals surface area contributed by atoms with Gasteiger partial charge in [0.1, 0.15) is 0 Å². The van der Waals surface area contributed by atoms with Crippen LogP contribution in [0.15, 0.2) is 24.3 Å². The number of ether oxygens (including phenoxy) is 1. The number of likely N-dealkylation sites (N-methyl/N-ethyl adjacent to an activating group) is 1. The van der Waals surface area contributed by atoms with Gasteiger partial charge in [0.05, 0.1) is 25.2 Å². The Morgan fingerprint density at radius 1 is 1.32 bits per heavy atom. The molecule has 0 aromatic heterocycles. The highest BCUT2D eigenvalue weighted by Gasteiger charge is 2.39. The van der Waals surface area contributed by atoms with E-state index in [1.165, 1.54) is 11.1 Å². The maximum atomic E-state index is 9.48. The van der Waals surface area contributed by atoms with Gasteiger partial charge in [0, 0.05) is 12.6 Å². The highest BCUT2D eigenvalue weighted by molar-refractivity contribution is 5.22. The summed E-state index contributed by atoms with van der Waals surface area (Å²) in [5.41, 5.74) is 2.64. The zero-order valence-electron chi connectivity index (χ0n) is 12.2. The summed E-state index contributed by atoms with van der Waals surface area (Å²) in [6, 6.07) is 9.20. The van der Waals surface area contributed by atoms with Gasteiger partial charge in [-0.3, -0.25) is 0 Å². The average Bonchev–Trinajstić information content (AvgIpc) is 2.36. The van der Waals surface area contributed by atoms with E-state index < -0.39 is 0 Å². The van der Waals surface area contributed by atoms with Crippen molar-refractivity contribution < 1.29 is 9.84 Å². The number of hydrogen-bond acceptors (Lipinski definition) is 3. The fourth-order valence-corrected chi connectivity index (χ4v) is 2.53. The molecule has 0 spiro atoms. The molecule has 1 fully saturated rings. The average molecular weight is 263 g/mol. The van der Waals surface area contributed by atoms with E-state index in [2.05, 4.69) is 50.1 Å². The summed E-state index contributed by atoms with van der Waals surface area (Å²) < 4.78 is 5.25. The second kappa shape index (κ2) is 6.04. The molecule has 3 heteroatoms. The summed E-state index contributed by atoms with van der Waals surface area (Å²) in [4.78, 5) is 2.33. The van der Waals surface area contributed by atoms with Crippen molar-refractivity contribution in [1.29, 1.82) is 0 Å². The van der Waals surface area contributed by atoms with Gasteiger partial charge < -0.3 is 14.7 Å². The first-order chi connectivity index (χ1) is 9.04. The van der Waals surface area contributed by atoms with Crippen LogP contribution >= 0.6 is 0 Å². The van der Waals surface area contributed by atoms with E-state index in [9.17, 15) is 5.11 Å². The summed E-state index contributed by atoms with van der Waals surface area (Å²) in [6.07, 6.45) is 1.04. The van der Waals surface area contributed by atoms with Crippen LogP contribution < -0.4 is 0 Å². The van der Waals surface area contributed by atoms with Crippen LogP contribution in [-0.4, -0.2) is 49.5 Å². The van der Waals surface area contributed by atoms with Gasteiger partial charge in [-0.1, -0.05) is 29.8 Å². The number of aliphatic hydroxyl groups excluding tert-OH is 1. The third-order valence-corrected chi connectivity index (χ3v) is 4.14. The maximum absolute atomic E-state index is 9.48. The third-order valence-electron chi connectivity index (χ3n) is 4.14. The molecule has 1 aromatic rings. The monoisotopic (exact) mass is 263 g/mol. The third kappa shape index (κ3) is 3.56. The van der Waals surface area contributed by atoms with E-state index in [1.54, 1.807) is 0 Å². The summed E-state index contributed by atoms with van der Waals surface area (Å²) >= 11 is 0. The van der Waals surface area contributed by atoms with Crippen molar-refractivity contribution in [2.24, 2.45) is 5.41 Å². The fourth-order valence-electron chi connectivity index (χ4n) is 2.53. The van der Waals surface area contributed by atoms with Crippen LogP contribution in [-0.2, 0) is 11.2 Å². The van der Waals surface area contributed by atoms with Gasteiger partial charge in [-0.25, -0.2) is 0 Å². The lowest BCUT2D eigenvalue weighted by molar-refractivity contribution is -0.148. The molecule has 106 valence electrons. The molecule has 19 heavy (non-hydrogen) atoms. The molecule has 0 aliphatic carbocycles. The van der Waals surface area contributed by atoms with Crippen molar-refractivity contribution in [1.82, 2.24) is 4.90 Å². The van der Waals surface area contributed by atoms with Gasteiger partial charge >= 0.3 is 0 Å². The molecule has 1 unspecified atom stereocenters. The zero-order valence-corrected chi connectivity index (χ0v) is 12.2. The smallest absolute Gasteiger partial charge is 0.0579 e. The Bertz CT molecular complexity index is 392. The number of aliphatic hydroxyl groups is 1. The zero-order chi connectivity index (χ0) is 13.9. The molecule has 1 N–H and O–H groups in total. The molecular formula is C16H25NO2. The topological polar surface area (TPSA) is 32.7 Å². The minimum atomic E-state index is -0.0315. The lowest BCUT2D eigenvalue weighted by Gasteiger charge is -2.43. The molecule has 0 saturated carbocycles. The summed E-state index contributed by atoms with van der Waals surface area (Å²) in [6.45, 7) is 6.84. The van der Waals surface area contributed by atoms with Crippen LogP contribution in [0.1, 0.15) is 18.1 Å². The van der Waals surface area contributed by atoms with Gasteiger partial charge in [-0.05, 0) is 32.9 Å². The van der Waals surface area contributed by atoms with Crippen LogP contribution in [0.4, 0.5) is 0 Å². The Kier molecular flexibility index (Phi) is 4.61. The molecule has 0 radical (unpaired) electrons. The SMILES string of the molecule is Cc1ccc(CC(C)N(C)CC2(CO)COC2)cc1. The molecule has 3 nitrogen and oxygen atoms in total. The van der Waals surface area contributed by atoms with Gasteiger partial charge in [0.2, 0.25) is 0 Å². The number of aryl methyl sites for hydroxylation is 1. The minimum absolute atomic E-state index is 0.0315. The number of benzene rings is 1.